The molecular weight excluding hydrogens is 338 g/mol. The highest BCUT2D eigenvalue weighted by molar-refractivity contribution is 5.87. The van der Waals surface area contributed by atoms with Gasteiger partial charge >= 0.3 is 0 Å². The van der Waals surface area contributed by atoms with Crippen LogP contribution in [-0.4, -0.2) is 65.9 Å². The maximum Gasteiger partial charge on any atom is 0.157 e. The van der Waals surface area contributed by atoms with E-state index in [0.29, 0.717) is 12.0 Å². The van der Waals surface area contributed by atoms with Gasteiger partial charge in [0.15, 0.2) is 5.82 Å². The highest BCUT2D eigenvalue weighted by atomic mass is 16.5. The number of aromatic nitrogens is 3. The highest BCUT2D eigenvalue weighted by Crippen LogP contribution is 2.34. The molecular formula is C21H33N5O. The van der Waals surface area contributed by atoms with E-state index in [4.69, 9.17) is 14.7 Å². The molecule has 2 saturated heterocycles. The number of rotatable bonds is 6. The van der Waals surface area contributed by atoms with E-state index in [2.05, 4.69) is 34.3 Å². The van der Waals surface area contributed by atoms with E-state index in [9.17, 15) is 0 Å². The molecule has 0 spiro atoms. The third-order valence-corrected chi connectivity index (χ3v) is 6.14. The van der Waals surface area contributed by atoms with Gasteiger partial charge < -0.3 is 19.1 Å². The first kappa shape index (κ1) is 18.7. The summed E-state index contributed by atoms with van der Waals surface area (Å²) in [4.78, 5) is 14.9. The molecule has 4 heterocycles. The number of imidazole rings is 1. The van der Waals surface area contributed by atoms with Crippen LogP contribution in [0.15, 0.2) is 12.4 Å². The van der Waals surface area contributed by atoms with Crippen LogP contribution in [0, 0.1) is 0 Å². The second kappa shape index (κ2) is 8.15. The molecule has 6 heteroatoms. The summed E-state index contributed by atoms with van der Waals surface area (Å²) in [6.07, 6.45) is 6.87. The Labute approximate surface area is 162 Å². The summed E-state index contributed by atoms with van der Waals surface area (Å²) in [5.41, 5.74) is 3.59. The van der Waals surface area contributed by atoms with E-state index < -0.39 is 0 Å². The van der Waals surface area contributed by atoms with Crippen molar-refractivity contribution in [1.82, 2.24) is 19.4 Å². The lowest BCUT2D eigenvalue weighted by atomic mass is 9.92. The Morgan fingerprint density at radius 3 is 2.56 bits per heavy atom. The van der Waals surface area contributed by atoms with Crippen LogP contribution < -0.4 is 4.90 Å². The summed E-state index contributed by atoms with van der Waals surface area (Å²) in [6, 6.07) is 2.73. The monoisotopic (exact) mass is 371 g/mol. The van der Waals surface area contributed by atoms with Gasteiger partial charge in [-0.15, -0.1) is 0 Å². The number of pyridine rings is 1. The van der Waals surface area contributed by atoms with Gasteiger partial charge in [0.25, 0.3) is 0 Å². The molecule has 2 aliphatic heterocycles. The third kappa shape index (κ3) is 3.83. The van der Waals surface area contributed by atoms with Crippen molar-refractivity contribution in [1.29, 1.82) is 0 Å². The zero-order valence-corrected chi connectivity index (χ0v) is 17.0. The number of ether oxygens (including phenoxy) is 1. The van der Waals surface area contributed by atoms with Crippen LogP contribution >= 0.6 is 0 Å². The number of nitrogens with zero attached hydrogens (tertiary/aromatic N) is 5. The lowest BCUT2D eigenvalue weighted by molar-refractivity contribution is 0.130. The number of hydrogen-bond donors (Lipinski definition) is 0. The fourth-order valence-electron chi connectivity index (χ4n) is 4.48. The van der Waals surface area contributed by atoms with Gasteiger partial charge in [0.05, 0.1) is 18.5 Å². The van der Waals surface area contributed by atoms with Gasteiger partial charge in [-0.2, -0.15) is 0 Å². The zero-order chi connectivity index (χ0) is 18.8. The molecule has 0 aliphatic carbocycles. The Morgan fingerprint density at radius 2 is 1.89 bits per heavy atom. The summed E-state index contributed by atoms with van der Waals surface area (Å²) in [7, 11) is 1.78. The van der Waals surface area contributed by atoms with Crippen molar-refractivity contribution in [2.24, 2.45) is 0 Å². The first-order chi connectivity index (χ1) is 13.2. The van der Waals surface area contributed by atoms with E-state index in [0.717, 1.165) is 50.7 Å². The zero-order valence-electron chi connectivity index (χ0n) is 17.0. The lowest BCUT2D eigenvalue weighted by Crippen LogP contribution is -2.35. The molecule has 2 aliphatic rings. The molecule has 2 fully saturated rings. The molecule has 6 nitrogen and oxygen atoms in total. The van der Waals surface area contributed by atoms with Gasteiger partial charge in [-0.3, -0.25) is 0 Å². The van der Waals surface area contributed by atoms with E-state index in [1.807, 2.05) is 6.33 Å². The maximum atomic E-state index is 5.23. The first-order valence-corrected chi connectivity index (χ1v) is 10.5. The summed E-state index contributed by atoms with van der Waals surface area (Å²) >= 11 is 0. The first-order valence-electron chi connectivity index (χ1n) is 10.5. The predicted molar refractivity (Wildman–Crippen MR) is 110 cm³/mol. The van der Waals surface area contributed by atoms with Crippen LogP contribution in [0.25, 0.3) is 11.0 Å². The van der Waals surface area contributed by atoms with Crippen molar-refractivity contribution in [3.63, 3.8) is 0 Å². The minimum absolute atomic E-state index is 0.410. The molecule has 0 N–H and O–H groups in total. The fourth-order valence-corrected chi connectivity index (χ4v) is 4.48. The Bertz CT molecular complexity index is 757. The highest BCUT2D eigenvalue weighted by Gasteiger charge is 2.26. The van der Waals surface area contributed by atoms with Crippen LogP contribution in [0.3, 0.4) is 0 Å². The minimum atomic E-state index is 0.410. The van der Waals surface area contributed by atoms with Gasteiger partial charge in [-0.25, -0.2) is 9.97 Å². The number of likely N-dealkylation sites (tertiary alicyclic amines) is 1. The predicted octanol–water partition coefficient (Wildman–Crippen LogP) is 3.44. The molecule has 27 heavy (non-hydrogen) atoms. The average molecular weight is 372 g/mol. The van der Waals surface area contributed by atoms with Gasteiger partial charge in [-0.1, -0.05) is 0 Å². The molecule has 2 aromatic heterocycles. The van der Waals surface area contributed by atoms with Crippen molar-refractivity contribution >= 4 is 16.9 Å². The van der Waals surface area contributed by atoms with Crippen molar-refractivity contribution in [3.05, 3.63) is 18.1 Å². The molecule has 148 valence electrons. The topological polar surface area (TPSA) is 46.4 Å². The molecule has 0 aromatic carbocycles. The Kier molecular flexibility index (Phi) is 5.64. The van der Waals surface area contributed by atoms with Crippen LogP contribution in [0.1, 0.15) is 57.2 Å². The van der Waals surface area contributed by atoms with Crippen molar-refractivity contribution < 1.29 is 4.74 Å². The molecule has 0 saturated carbocycles. The van der Waals surface area contributed by atoms with E-state index in [1.165, 1.54) is 36.9 Å². The van der Waals surface area contributed by atoms with Gasteiger partial charge in [0.1, 0.15) is 5.52 Å². The van der Waals surface area contributed by atoms with Crippen LogP contribution in [0.4, 0.5) is 5.82 Å². The number of methoxy groups -OCH3 is 1. The van der Waals surface area contributed by atoms with Crippen LogP contribution in [-0.2, 0) is 4.74 Å². The van der Waals surface area contributed by atoms with Crippen LogP contribution in [0.2, 0.25) is 0 Å². The summed E-state index contributed by atoms with van der Waals surface area (Å²) in [6.45, 7) is 10.8. The van der Waals surface area contributed by atoms with Crippen molar-refractivity contribution in [2.75, 3.05) is 51.3 Å². The Morgan fingerprint density at radius 1 is 1.15 bits per heavy atom. The molecule has 4 rings (SSSR count). The molecule has 2 aromatic rings. The molecule has 0 amide bonds. The standard InChI is InChI=1S/C21H33N5O/c1-16(2)26-15-22-20-19(26)14-18(23-21(20)25-8-4-5-9-25)17-6-10-24(11-7-17)12-13-27-3/h14-17H,4-13H2,1-3H3. The smallest absolute Gasteiger partial charge is 0.157 e. The van der Waals surface area contributed by atoms with Gasteiger partial charge in [0, 0.05) is 44.4 Å². The van der Waals surface area contributed by atoms with Crippen molar-refractivity contribution in [2.45, 2.75) is 51.5 Å². The summed E-state index contributed by atoms with van der Waals surface area (Å²) < 4.78 is 7.53. The molecule has 0 bridgehead atoms. The number of fused-ring (bicyclic) bond motifs is 1. The second-order valence-corrected chi connectivity index (χ2v) is 8.29. The Balaban J connectivity index is 1.63. The number of hydrogen-bond acceptors (Lipinski definition) is 5. The van der Waals surface area contributed by atoms with Gasteiger partial charge in [0.2, 0.25) is 0 Å². The SMILES string of the molecule is COCCN1CCC(c2cc3c(ncn3C(C)C)c(N3CCCC3)n2)CC1. The Hall–Kier alpha value is -1.66. The summed E-state index contributed by atoms with van der Waals surface area (Å²) in [5.74, 6) is 1.66. The molecule has 0 atom stereocenters. The van der Waals surface area contributed by atoms with Crippen LogP contribution in [0.5, 0.6) is 0 Å². The number of piperidine rings is 1. The van der Waals surface area contributed by atoms with E-state index >= 15 is 0 Å². The quantitative estimate of drug-likeness (QED) is 0.778. The average Bonchev–Trinajstić information content (AvgIpc) is 3.35. The second-order valence-electron chi connectivity index (χ2n) is 8.29. The van der Waals surface area contributed by atoms with Gasteiger partial charge in [-0.05, 0) is 58.7 Å². The number of anilines is 1. The third-order valence-electron chi connectivity index (χ3n) is 6.14. The maximum absolute atomic E-state index is 5.23. The fraction of sp³-hybridized carbons (Fsp3) is 0.714. The molecule has 0 radical (unpaired) electrons. The molecule has 0 unspecified atom stereocenters. The largest absolute Gasteiger partial charge is 0.383 e. The summed E-state index contributed by atoms with van der Waals surface area (Å²) in [5, 5.41) is 0. The van der Waals surface area contributed by atoms with E-state index in [1.54, 1.807) is 7.11 Å². The van der Waals surface area contributed by atoms with Crippen molar-refractivity contribution in [3.8, 4) is 0 Å². The van der Waals surface area contributed by atoms with E-state index in [-0.39, 0.29) is 0 Å². The minimum Gasteiger partial charge on any atom is -0.383 e. The normalized spacial score (nSPS) is 19.6. The lowest BCUT2D eigenvalue weighted by Gasteiger charge is -2.32.